The summed E-state index contributed by atoms with van der Waals surface area (Å²) in [6, 6.07) is 0. The summed E-state index contributed by atoms with van der Waals surface area (Å²) in [6.45, 7) is 9.33. The molecule has 0 unspecified atom stereocenters. The van der Waals surface area contributed by atoms with E-state index in [1.807, 2.05) is 25.8 Å². The van der Waals surface area contributed by atoms with E-state index in [0.29, 0.717) is 6.54 Å². The highest BCUT2D eigenvalue weighted by molar-refractivity contribution is 5.77. The van der Waals surface area contributed by atoms with E-state index in [1.54, 1.807) is 6.92 Å². The number of likely N-dealkylation sites (N-methyl/N-ethyl adjacent to an activating group) is 1. The zero-order valence-corrected chi connectivity index (χ0v) is 8.48. The molecular formula is C9H21NO. The van der Waals surface area contributed by atoms with Crippen molar-refractivity contribution < 1.29 is 4.79 Å². The van der Waals surface area contributed by atoms with Crippen LogP contribution in [0.2, 0.25) is 0 Å². The average molecular weight is 159 g/mol. The van der Waals surface area contributed by atoms with Crippen molar-refractivity contribution in [3.05, 3.63) is 0 Å². The van der Waals surface area contributed by atoms with Crippen LogP contribution in [0, 0.1) is 0 Å². The van der Waals surface area contributed by atoms with Crippen LogP contribution in [0.15, 0.2) is 0 Å². The van der Waals surface area contributed by atoms with Crippen LogP contribution in [0.25, 0.3) is 0 Å². The van der Waals surface area contributed by atoms with Gasteiger partial charge in [-0.25, -0.2) is 0 Å². The fraction of sp³-hybridized carbons (Fsp3) is 0.889. The lowest BCUT2D eigenvalue weighted by atomic mass is 10.4. The van der Waals surface area contributed by atoms with Crippen molar-refractivity contribution in [3.8, 4) is 0 Å². The highest BCUT2D eigenvalue weighted by atomic mass is 16.1. The number of nitrogens with zero attached hydrogens (tertiary/aromatic N) is 1. The van der Waals surface area contributed by atoms with Gasteiger partial charge in [-0.3, -0.25) is 9.69 Å². The van der Waals surface area contributed by atoms with E-state index in [9.17, 15) is 4.79 Å². The molecule has 0 heterocycles. The predicted molar refractivity (Wildman–Crippen MR) is 49.8 cm³/mol. The van der Waals surface area contributed by atoms with Crippen LogP contribution in [-0.2, 0) is 4.79 Å². The maximum Gasteiger partial charge on any atom is 0.143 e. The Morgan fingerprint density at radius 2 is 1.82 bits per heavy atom. The molecule has 0 atom stereocenters. The van der Waals surface area contributed by atoms with E-state index >= 15 is 0 Å². The van der Waals surface area contributed by atoms with Gasteiger partial charge in [-0.1, -0.05) is 20.8 Å². The van der Waals surface area contributed by atoms with Crippen molar-refractivity contribution in [2.24, 2.45) is 0 Å². The van der Waals surface area contributed by atoms with Crippen LogP contribution >= 0.6 is 0 Å². The molecule has 0 aliphatic carbocycles. The van der Waals surface area contributed by atoms with E-state index in [-0.39, 0.29) is 5.78 Å². The summed E-state index contributed by atoms with van der Waals surface area (Å²) in [7, 11) is 1.96. The normalized spacial score (nSPS) is 8.91. The van der Waals surface area contributed by atoms with Gasteiger partial charge < -0.3 is 0 Å². The van der Waals surface area contributed by atoms with E-state index in [2.05, 4.69) is 6.92 Å². The third-order valence-corrected chi connectivity index (χ3v) is 1.10. The Bertz CT molecular complexity index is 91.6. The number of carbonyl (C=O) groups is 1. The second kappa shape index (κ2) is 9.63. The minimum Gasteiger partial charge on any atom is -0.299 e. The van der Waals surface area contributed by atoms with Gasteiger partial charge in [0.15, 0.2) is 0 Å². The maximum absolute atomic E-state index is 10.5. The number of rotatable bonds is 4. The summed E-state index contributed by atoms with van der Waals surface area (Å²) >= 11 is 0. The van der Waals surface area contributed by atoms with Crippen molar-refractivity contribution in [2.75, 3.05) is 20.1 Å². The molecule has 0 aliphatic rings. The topological polar surface area (TPSA) is 20.3 Å². The third-order valence-electron chi connectivity index (χ3n) is 1.10. The molecule has 68 valence electrons. The van der Waals surface area contributed by atoms with Crippen LogP contribution in [-0.4, -0.2) is 30.8 Å². The lowest BCUT2D eigenvalue weighted by Gasteiger charge is -2.11. The lowest BCUT2D eigenvalue weighted by molar-refractivity contribution is -0.117. The van der Waals surface area contributed by atoms with Crippen molar-refractivity contribution in [2.45, 2.75) is 34.1 Å². The van der Waals surface area contributed by atoms with Crippen molar-refractivity contribution in [1.29, 1.82) is 0 Å². The van der Waals surface area contributed by atoms with Crippen LogP contribution < -0.4 is 0 Å². The molecule has 2 heteroatoms. The Balaban J connectivity index is 0. The highest BCUT2D eigenvalue weighted by Crippen LogP contribution is 1.85. The van der Waals surface area contributed by atoms with Crippen molar-refractivity contribution in [3.63, 3.8) is 0 Å². The van der Waals surface area contributed by atoms with Gasteiger partial charge >= 0.3 is 0 Å². The number of hydrogen-bond acceptors (Lipinski definition) is 2. The molecule has 0 N–H and O–H groups in total. The van der Waals surface area contributed by atoms with E-state index in [1.165, 1.54) is 0 Å². The smallest absolute Gasteiger partial charge is 0.143 e. The minimum atomic E-state index is 0.242. The molecule has 0 fully saturated rings. The summed E-state index contributed by atoms with van der Waals surface area (Å²) < 4.78 is 0. The Kier molecular flexibility index (Phi) is 11.6. The largest absolute Gasteiger partial charge is 0.299 e. The second-order valence-corrected chi connectivity index (χ2v) is 2.44. The van der Waals surface area contributed by atoms with Gasteiger partial charge in [0.05, 0.1) is 6.54 Å². The molecule has 2 nitrogen and oxygen atoms in total. The van der Waals surface area contributed by atoms with Gasteiger partial charge in [-0.15, -0.1) is 0 Å². The molecule has 0 aliphatic heterocycles. The van der Waals surface area contributed by atoms with E-state index in [0.717, 1.165) is 13.0 Å². The number of ketones is 1. The SMILES string of the molecule is CC.CCCN(C)CC(C)=O. The molecule has 0 aromatic rings. The second-order valence-electron chi connectivity index (χ2n) is 2.44. The number of carbonyl (C=O) groups excluding carboxylic acids is 1. The zero-order valence-electron chi connectivity index (χ0n) is 8.48. The highest BCUT2D eigenvalue weighted by Gasteiger charge is 1.97. The molecule has 0 rings (SSSR count). The van der Waals surface area contributed by atoms with Crippen LogP contribution in [0.4, 0.5) is 0 Å². The molecule has 0 saturated heterocycles. The van der Waals surface area contributed by atoms with Gasteiger partial charge in [-0.2, -0.15) is 0 Å². The molecule has 0 spiro atoms. The molecule has 0 radical (unpaired) electrons. The van der Waals surface area contributed by atoms with E-state index < -0.39 is 0 Å². The Morgan fingerprint density at radius 1 is 1.36 bits per heavy atom. The van der Waals surface area contributed by atoms with Gasteiger partial charge in [0.25, 0.3) is 0 Å². The molecule has 0 bridgehead atoms. The Hall–Kier alpha value is -0.370. The fourth-order valence-corrected chi connectivity index (χ4v) is 0.841. The van der Waals surface area contributed by atoms with Gasteiger partial charge in [-0.05, 0) is 26.9 Å². The first-order valence-corrected chi connectivity index (χ1v) is 4.34. The lowest BCUT2D eigenvalue weighted by Crippen LogP contribution is -2.24. The summed E-state index contributed by atoms with van der Waals surface area (Å²) in [5.41, 5.74) is 0. The zero-order chi connectivity index (χ0) is 9.28. The Labute approximate surface area is 70.6 Å². The number of Topliss-reactive ketones (excluding diaryl/α,β-unsaturated/α-hetero) is 1. The summed E-state index contributed by atoms with van der Waals surface area (Å²) in [5, 5.41) is 0. The predicted octanol–water partition coefficient (Wildman–Crippen LogP) is 1.94. The fourth-order valence-electron chi connectivity index (χ4n) is 0.841. The summed E-state index contributed by atoms with van der Waals surface area (Å²) in [5.74, 6) is 0.242. The maximum atomic E-state index is 10.5. The van der Waals surface area contributed by atoms with Gasteiger partial charge in [0.2, 0.25) is 0 Å². The van der Waals surface area contributed by atoms with Crippen LogP contribution in [0.3, 0.4) is 0 Å². The minimum absolute atomic E-state index is 0.242. The third kappa shape index (κ3) is 12.8. The quantitative estimate of drug-likeness (QED) is 0.625. The van der Waals surface area contributed by atoms with Gasteiger partial charge in [0.1, 0.15) is 5.78 Å². The standard InChI is InChI=1S/C7H15NO.C2H6/c1-4-5-8(3)6-7(2)9;1-2/h4-6H2,1-3H3;1-2H3. The molecule has 11 heavy (non-hydrogen) atoms. The molecule has 0 amide bonds. The van der Waals surface area contributed by atoms with Gasteiger partial charge in [0, 0.05) is 0 Å². The van der Waals surface area contributed by atoms with E-state index in [4.69, 9.17) is 0 Å². The summed E-state index contributed by atoms with van der Waals surface area (Å²) in [6.07, 6.45) is 1.11. The molecule has 0 aromatic heterocycles. The monoisotopic (exact) mass is 159 g/mol. The van der Waals surface area contributed by atoms with Crippen LogP contribution in [0.5, 0.6) is 0 Å². The molecule has 0 aromatic carbocycles. The van der Waals surface area contributed by atoms with Crippen molar-refractivity contribution in [1.82, 2.24) is 4.90 Å². The number of hydrogen-bond donors (Lipinski definition) is 0. The van der Waals surface area contributed by atoms with Crippen LogP contribution in [0.1, 0.15) is 34.1 Å². The molecular weight excluding hydrogens is 138 g/mol. The first-order chi connectivity index (χ1) is 5.16. The first-order valence-electron chi connectivity index (χ1n) is 4.34. The average Bonchev–Trinajstić information content (AvgIpc) is 1.91. The summed E-state index contributed by atoms with van der Waals surface area (Å²) in [4.78, 5) is 12.5. The first kappa shape index (κ1) is 13.2. The molecule has 0 saturated carbocycles. The van der Waals surface area contributed by atoms with Crippen molar-refractivity contribution >= 4 is 5.78 Å². The Morgan fingerprint density at radius 3 is 2.09 bits per heavy atom.